The molecule has 0 rings (SSSR count). The van der Waals surface area contributed by atoms with Crippen LogP contribution < -0.4 is 5.73 Å². The first kappa shape index (κ1) is 16.6. The molecule has 0 aliphatic rings. The molecular weight excluding hydrogens is 262 g/mol. The van der Waals surface area contributed by atoms with E-state index < -0.39 is 43.1 Å². The first-order chi connectivity index (χ1) is 8.86. The number of carbonyl (C=O) groups is 4. The van der Waals surface area contributed by atoms with E-state index in [4.69, 9.17) is 10.8 Å². The molecule has 0 radical (unpaired) electrons. The summed E-state index contributed by atoms with van der Waals surface area (Å²) >= 11 is 0. The zero-order valence-corrected chi connectivity index (χ0v) is 10.0. The molecule has 0 saturated heterocycles. The summed E-state index contributed by atoms with van der Waals surface area (Å²) in [6.07, 6.45) is 1.05. The Hall–Kier alpha value is -2.42. The number of methoxy groups -OCH3 is 1. The third-order valence-corrected chi connectivity index (χ3v) is 1.68. The van der Waals surface area contributed by atoms with Crippen molar-refractivity contribution in [2.45, 2.75) is 12.5 Å². The van der Waals surface area contributed by atoms with Crippen LogP contribution in [0.2, 0.25) is 0 Å². The zero-order chi connectivity index (χ0) is 14.8. The Kier molecular flexibility index (Phi) is 7.54. The Morgan fingerprint density at radius 1 is 1.16 bits per heavy atom. The third-order valence-electron chi connectivity index (χ3n) is 1.68. The summed E-state index contributed by atoms with van der Waals surface area (Å²) in [4.78, 5) is 42.9. The molecular formula is C10H13NO8. The van der Waals surface area contributed by atoms with Crippen molar-refractivity contribution in [3.8, 4) is 0 Å². The fourth-order valence-electron chi connectivity index (χ4n) is 0.731. The van der Waals surface area contributed by atoms with Crippen molar-refractivity contribution in [3.63, 3.8) is 0 Å². The third kappa shape index (κ3) is 8.32. The molecule has 0 aromatic heterocycles. The van der Waals surface area contributed by atoms with Crippen molar-refractivity contribution in [2.75, 3.05) is 13.9 Å². The highest BCUT2D eigenvalue weighted by Gasteiger charge is 2.17. The molecule has 0 spiro atoms. The Morgan fingerprint density at radius 2 is 1.74 bits per heavy atom. The Balaban J connectivity index is 3.88. The number of ether oxygens (including phenoxy) is 3. The van der Waals surface area contributed by atoms with Gasteiger partial charge in [0.1, 0.15) is 6.04 Å². The number of esters is 3. The summed E-state index contributed by atoms with van der Waals surface area (Å²) in [6.45, 7) is -0.713. The number of hydrogen-bond acceptors (Lipinski definition) is 8. The van der Waals surface area contributed by atoms with Gasteiger partial charge in [-0.2, -0.15) is 0 Å². The van der Waals surface area contributed by atoms with Gasteiger partial charge in [-0.05, 0) is 0 Å². The molecule has 0 aliphatic carbocycles. The van der Waals surface area contributed by atoms with Crippen molar-refractivity contribution in [2.24, 2.45) is 5.73 Å². The maximum atomic E-state index is 11.0. The normalized spacial score (nSPS) is 11.7. The summed E-state index contributed by atoms with van der Waals surface area (Å²) < 4.78 is 13.0. The van der Waals surface area contributed by atoms with Gasteiger partial charge >= 0.3 is 23.9 Å². The number of hydrogen-bond donors (Lipinski definition) is 2. The molecule has 0 fully saturated rings. The lowest BCUT2D eigenvalue weighted by Gasteiger charge is -2.06. The van der Waals surface area contributed by atoms with Crippen molar-refractivity contribution >= 4 is 23.9 Å². The topological polar surface area (TPSA) is 142 Å². The van der Waals surface area contributed by atoms with Crippen molar-refractivity contribution in [1.29, 1.82) is 0 Å². The second-order valence-electron chi connectivity index (χ2n) is 3.10. The first-order valence-corrected chi connectivity index (χ1v) is 4.93. The number of carbonyl (C=O) groups excluding carboxylic acids is 3. The van der Waals surface area contributed by atoms with E-state index in [-0.39, 0.29) is 0 Å². The average molecular weight is 275 g/mol. The maximum absolute atomic E-state index is 11.0. The predicted molar refractivity (Wildman–Crippen MR) is 58.4 cm³/mol. The van der Waals surface area contributed by atoms with E-state index in [9.17, 15) is 19.2 Å². The van der Waals surface area contributed by atoms with Crippen LogP contribution in [0.3, 0.4) is 0 Å². The Bertz CT molecular complexity index is 389. The maximum Gasteiger partial charge on any atom is 0.333 e. The minimum Gasteiger partial charge on any atom is -0.480 e. The average Bonchev–Trinajstić information content (AvgIpc) is 2.35. The number of rotatable bonds is 7. The van der Waals surface area contributed by atoms with Crippen LogP contribution in [-0.4, -0.2) is 48.9 Å². The van der Waals surface area contributed by atoms with Crippen LogP contribution in [0.1, 0.15) is 6.42 Å². The van der Waals surface area contributed by atoms with Crippen LogP contribution in [0.5, 0.6) is 0 Å². The SMILES string of the molecule is COC(=O)/C=C/C(=O)OCOC(=O)CC(N)C(=O)O. The molecule has 0 amide bonds. The molecule has 3 N–H and O–H groups in total. The first-order valence-electron chi connectivity index (χ1n) is 4.93. The molecule has 9 nitrogen and oxygen atoms in total. The van der Waals surface area contributed by atoms with Gasteiger partial charge in [-0.15, -0.1) is 0 Å². The second-order valence-corrected chi connectivity index (χ2v) is 3.10. The van der Waals surface area contributed by atoms with Gasteiger partial charge < -0.3 is 25.1 Å². The Morgan fingerprint density at radius 3 is 2.26 bits per heavy atom. The minimum atomic E-state index is -1.39. The van der Waals surface area contributed by atoms with Gasteiger partial charge in [0.15, 0.2) is 0 Å². The molecule has 0 aromatic carbocycles. The molecule has 9 heteroatoms. The fraction of sp³-hybridized carbons (Fsp3) is 0.400. The summed E-state index contributed by atoms with van der Waals surface area (Å²) in [5.41, 5.74) is 5.07. The second kappa shape index (κ2) is 8.64. The van der Waals surface area contributed by atoms with Crippen molar-refractivity contribution in [1.82, 2.24) is 0 Å². The smallest absolute Gasteiger partial charge is 0.333 e. The van der Waals surface area contributed by atoms with E-state index in [1.807, 2.05) is 0 Å². The number of carboxylic acids is 1. The molecule has 0 heterocycles. The molecule has 1 atom stereocenters. The van der Waals surface area contributed by atoms with Gasteiger partial charge in [0.2, 0.25) is 6.79 Å². The summed E-state index contributed by atoms with van der Waals surface area (Å²) in [7, 11) is 1.13. The van der Waals surface area contributed by atoms with Gasteiger partial charge in [0, 0.05) is 12.2 Å². The zero-order valence-electron chi connectivity index (χ0n) is 10.0. The van der Waals surface area contributed by atoms with Gasteiger partial charge in [0.05, 0.1) is 13.5 Å². The van der Waals surface area contributed by atoms with E-state index in [1.165, 1.54) is 0 Å². The fourth-order valence-corrected chi connectivity index (χ4v) is 0.731. The summed E-state index contributed by atoms with van der Waals surface area (Å²) in [5, 5.41) is 8.42. The molecule has 1 unspecified atom stereocenters. The number of carboxylic acid groups (broad SMARTS) is 1. The molecule has 19 heavy (non-hydrogen) atoms. The van der Waals surface area contributed by atoms with Crippen LogP contribution in [0, 0.1) is 0 Å². The largest absolute Gasteiger partial charge is 0.480 e. The molecule has 106 valence electrons. The molecule has 0 aromatic rings. The monoisotopic (exact) mass is 275 g/mol. The lowest BCUT2D eigenvalue weighted by Crippen LogP contribution is -2.33. The van der Waals surface area contributed by atoms with Crippen LogP contribution in [0.15, 0.2) is 12.2 Å². The number of nitrogens with two attached hydrogens (primary N) is 1. The van der Waals surface area contributed by atoms with Gasteiger partial charge in [-0.25, -0.2) is 9.59 Å². The Labute approximate surface area is 107 Å². The van der Waals surface area contributed by atoms with Gasteiger partial charge in [-0.1, -0.05) is 0 Å². The summed E-state index contributed by atoms with van der Waals surface area (Å²) in [5.74, 6) is -3.96. The molecule has 0 aliphatic heterocycles. The van der Waals surface area contributed by atoms with E-state index in [0.29, 0.717) is 0 Å². The molecule has 0 bridgehead atoms. The lowest BCUT2D eigenvalue weighted by atomic mass is 10.2. The van der Waals surface area contributed by atoms with Crippen LogP contribution in [0.4, 0.5) is 0 Å². The van der Waals surface area contributed by atoms with E-state index in [1.54, 1.807) is 0 Å². The quantitative estimate of drug-likeness (QED) is 0.324. The van der Waals surface area contributed by atoms with Crippen molar-refractivity contribution in [3.05, 3.63) is 12.2 Å². The van der Waals surface area contributed by atoms with E-state index >= 15 is 0 Å². The summed E-state index contributed by atoms with van der Waals surface area (Å²) in [6, 6.07) is -1.39. The predicted octanol–water partition coefficient (Wildman–Crippen LogP) is -1.44. The van der Waals surface area contributed by atoms with Gasteiger partial charge in [0.25, 0.3) is 0 Å². The highest BCUT2D eigenvalue weighted by molar-refractivity contribution is 5.91. The van der Waals surface area contributed by atoms with Crippen LogP contribution in [-0.2, 0) is 33.4 Å². The highest BCUT2D eigenvalue weighted by atomic mass is 16.7. The standard InChI is InChI=1S/C10H13NO8/c1-17-7(12)2-3-8(13)18-5-19-9(14)4-6(11)10(15)16/h2-3,6H,4-5,11H2,1H3,(H,15,16)/b3-2+. The van der Waals surface area contributed by atoms with Crippen molar-refractivity contribution < 1.29 is 38.5 Å². The van der Waals surface area contributed by atoms with Crippen LogP contribution in [0.25, 0.3) is 0 Å². The van der Waals surface area contributed by atoms with Crippen LogP contribution >= 0.6 is 0 Å². The van der Waals surface area contributed by atoms with E-state index in [2.05, 4.69) is 14.2 Å². The highest BCUT2D eigenvalue weighted by Crippen LogP contribution is 1.93. The molecule has 0 saturated carbocycles. The lowest BCUT2D eigenvalue weighted by molar-refractivity contribution is -0.165. The van der Waals surface area contributed by atoms with E-state index in [0.717, 1.165) is 19.3 Å². The van der Waals surface area contributed by atoms with Gasteiger partial charge in [-0.3, -0.25) is 9.59 Å². The number of aliphatic carboxylic acids is 1. The minimum absolute atomic E-state index is 0.551.